The molecule has 2 aliphatic heterocycles. The van der Waals surface area contributed by atoms with Gasteiger partial charge in [0, 0.05) is 59.8 Å². The first-order chi connectivity index (χ1) is 26.1. The Balaban J connectivity index is 0.999. The number of hydrogen-bond acceptors (Lipinski definition) is 7. The van der Waals surface area contributed by atoms with Crippen molar-refractivity contribution in [3.05, 3.63) is 112 Å². The molecule has 4 heterocycles. The van der Waals surface area contributed by atoms with E-state index in [4.69, 9.17) is 16.3 Å². The highest BCUT2D eigenvalue weighted by molar-refractivity contribution is 6.32. The van der Waals surface area contributed by atoms with Crippen LogP contribution in [0.15, 0.2) is 79.1 Å². The predicted octanol–water partition coefficient (Wildman–Crippen LogP) is 7.97. The molecule has 14 heteroatoms. The van der Waals surface area contributed by atoms with Crippen LogP contribution in [0.4, 0.5) is 14.9 Å². The lowest BCUT2D eigenvalue weighted by Gasteiger charge is -2.32. The van der Waals surface area contributed by atoms with Gasteiger partial charge < -0.3 is 14.5 Å². The van der Waals surface area contributed by atoms with Crippen LogP contribution in [0.25, 0.3) is 16.9 Å². The highest BCUT2D eigenvalue weighted by Crippen LogP contribution is 2.34. The molecule has 1 saturated heterocycles. The normalized spacial score (nSPS) is 16.0. The monoisotopic (exact) mass is 766 g/mol. The van der Waals surface area contributed by atoms with E-state index in [1.807, 2.05) is 40.0 Å². The molecule has 286 valence electrons. The Hall–Kier alpha value is -5.56. The molecule has 0 atom stereocenters. The van der Waals surface area contributed by atoms with Crippen LogP contribution in [0.1, 0.15) is 85.5 Å². The van der Waals surface area contributed by atoms with E-state index in [-0.39, 0.29) is 28.8 Å². The number of piperidine rings is 1. The van der Waals surface area contributed by atoms with E-state index < -0.39 is 17.5 Å². The molecule has 0 bridgehead atoms. The van der Waals surface area contributed by atoms with Crippen molar-refractivity contribution >= 4 is 35.2 Å². The first kappa shape index (κ1) is 37.7. The Kier molecular flexibility index (Phi) is 10.2. The summed E-state index contributed by atoms with van der Waals surface area (Å²) >= 11 is 6.53. The molecule has 0 saturated carbocycles. The van der Waals surface area contributed by atoms with Crippen LogP contribution in [0.2, 0.25) is 5.02 Å². The number of carbonyl (C=O) groups is 3. The molecule has 1 fully saturated rings. The van der Waals surface area contributed by atoms with Crippen LogP contribution >= 0.6 is 11.6 Å². The van der Waals surface area contributed by atoms with Crippen molar-refractivity contribution in [1.29, 1.82) is 0 Å². The Morgan fingerprint density at radius 2 is 1.65 bits per heavy atom. The van der Waals surface area contributed by atoms with Gasteiger partial charge in [-0.1, -0.05) is 48.9 Å². The standard InChI is InChI=1S/C41H44ClFN8O4/c1-40(2,3)55-39(54)45-29-13-14-33(43)31(20-29)34-24-50(47-46-34)30-15-17-48(18-16-30)37(52)26-9-8-10-27(19-26)38(53)49-23-28-22-44-51(35-12-7-6-11-32(35)42)36(28)21-41(4,5)25-49/h6-14,19-20,22,24,30H,15-18,21,23,25H2,1-5H3,(H,45,54). The largest absolute Gasteiger partial charge is 0.444 e. The molecule has 1 N–H and O–H groups in total. The second-order valence-corrected chi connectivity index (χ2v) is 16.4. The van der Waals surface area contributed by atoms with Gasteiger partial charge in [0.05, 0.1) is 29.1 Å². The summed E-state index contributed by atoms with van der Waals surface area (Å²) in [5.41, 5.74) is 3.63. The number of hydrogen-bond donors (Lipinski definition) is 1. The maximum atomic E-state index is 14.9. The summed E-state index contributed by atoms with van der Waals surface area (Å²) in [6.45, 7) is 11.4. The van der Waals surface area contributed by atoms with Crippen molar-refractivity contribution in [1.82, 2.24) is 34.6 Å². The molecule has 2 aromatic heterocycles. The molecule has 3 amide bonds. The minimum Gasteiger partial charge on any atom is -0.444 e. The van der Waals surface area contributed by atoms with E-state index in [2.05, 4.69) is 34.6 Å². The van der Waals surface area contributed by atoms with Gasteiger partial charge in [-0.05, 0) is 94.0 Å². The molecule has 55 heavy (non-hydrogen) atoms. The van der Waals surface area contributed by atoms with E-state index in [0.29, 0.717) is 73.0 Å². The summed E-state index contributed by atoms with van der Waals surface area (Å²) in [7, 11) is 0. The fourth-order valence-corrected chi connectivity index (χ4v) is 7.49. The third-order valence-corrected chi connectivity index (χ3v) is 10.1. The minimum absolute atomic E-state index is 0.0529. The lowest BCUT2D eigenvalue weighted by atomic mass is 9.87. The van der Waals surface area contributed by atoms with Crippen molar-refractivity contribution < 1.29 is 23.5 Å². The summed E-state index contributed by atoms with van der Waals surface area (Å²) in [5.74, 6) is -0.802. The van der Waals surface area contributed by atoms with Gasteiger partial charge in [-0.2, -0.15) is 5.10 Å². The zero-order valence-corrected chi connectivity index (χ0v) is 32.3. The lowest BCUT2D eigenvalue weighted by Crippen LogP contribution is -2.39. The van der Waals surface area contributed by atoms with Gasteiger partial charge in [0.15, 0.2) is 0 Å². The molecule has 2 aliphatic rings. The maximum Gasteiger partial charge on any atom is 0.412 e. The molecule has 0 unspecified atom stereocenters. The van der Waals surface area contributed by atoms with Crippen LogP contribution in [-0.2, 0) is 17.7 Å². The van der Waals surface area contributed by atoms with Gasteiger partial charge >= 0.3 is 6.09 Å². The molecule has 0 aliphatic carbocycles. The highest BCUT2D eigenvalue weighted by Gasteiger charge is 2.34. The summed E-state index contributed by atoms with van der Waals surface area (Å²) < 4.78 is 23.8. The van der Waals surface area contributed by atoms with E-state index in [9.17, 15) is 18.8 Å². The average Bonchev–Trinajstić information content (AvgIpc) is 3.75. The molecule has 12 nitrogen and oxygen atoms in total. The Morgan fingerprint density at radius 3 is 2.36 bits per heavy atom. The topological polar surface area (TPSA) is 127 Å². The number of anilines is 1. The number of rotatable bonds is 6. The first-order valence-electron chi connectivity index (χ1n) is 18.4. The fourth-order valence-electron chi connectivity index (χ4n) is 7.27. The van der Waals surface area contributed by atoms with Crippen LogP contribution in [0.5, 0.6) is 0 Å². The van der Waals surface area contributed by atoms with Crippen molar-refractivity contribution in [3.8, 4) is 16.9 Å². The number of benzene rings is 3. The zero-order valence-electron chi connectivity index (χ0n) is 31.6. The Morgan fingerprint density at radius 1 is 0.945 bits per heavy atom. The maximum absolute atomic E-state index is 14.9. The number of ether oxygens (including phenoxy) is 1. The average molecular weight is 767 g/mol. The summed E-state index contributed by atoms with van der Waals surface area (Å²) in [6, 6.07) is 18.7. The molecular formula is C41H44ClFN8O4. The molecule has 7 rings (SSSR count). The van der Waals surface area contributed by atoms with Crippen LogP contribution < -0.4 is 5.32 Å². The third-order valence-electron chi connectivity index (χ3n) is 9.83. The number of nitrogens with one attached hydrogen (secondary N) is 1. The number of para-hydroxylation sites is 1. The second kappa shape index (κ2) is 14.9. The Labute approximate surface area is 324 Å². The SMILES string of the molecule is CC1(C)Cc2c(cnn2-c2ccccc2Cl)CN(C(=O)c2cccc(C(=O)N3CCC(n4cc(-c5cc(NC(=O)OC(C)(C)C)ccc5F)nn4)CC3)c2)C1. The predicted molar refractivity (Wildman–Crippen MR) is 207 cm³/mol. The van der Waals surface area contributed by atoms with Crippen molar-refractivity contribution in [2.75, 3.05) is 25.0 Å². The second-order valence-electron chi connectivity index (χ2n) is 16.0. The third kappa shape index (κ3) is 8.41. The van der Waals surface area contributed by atoms with Gasteiger partial charge in [-0.15, -0.1) is 5.10 Å². The number of halogens is 2. The molecule has 3 aromatic carbocycles. The number of carbonyl (C=O) groups excluding carboxylic acids is 3. The van der Waals surface area contributed by atoms with Crippen molar-refractivity contribution in [2.45, 2.75) is 72.1 Å². The van der Waals surface area contributed by atoms with E-state index in [1.54, 1.807) is 60.8 Å². The van der Waals surface area contributed by atoms with Crippen LogP contribution in [0, 0.1) is 11.2 Å². The first-order valence-corrected chi connectivity index (χ1v) is 18.7. The smallest absolute Gasteiger partial charge is 0.412 e. The van der Waals surface area contributed by atoms with Crippen LogP contribution in [0.3, 0.4) is 0 Å². The molecular weight excluding hydrogens is 723 g/mol. The summed E-state index contributed by atoms with van der Waals surface area (Å²) in [6.07, 6.45) is 4.78. The van der Waals surface area contributed by atoms with Gasteiger partial charge in [0.25, 0.3) is 11.8 Å². The number of aromatic nitrogens is 5. The number of likely N-dealkylation sites (tertiary alicyclic amines) is 1. The number of nitrogens with zero attached hydrogens (tertiary/aromatic N) is 7. The Bertz CT molecular complexity index is 2250. The lowest BCUT2D eigenvalue weighted by molar-refractivity contribution is 0.0633. The fraction of sp³-hybridized carbons (Fsp3) is 0.366. The zero-order chi connectivity index (χ0) is 39.1. The molecule has 5 aromatic rings. The van der Waals surface area contributed by atoms with E-state index in [0.717, 1.165) is 16.9 Å². The number of amides is 3. The van der Waals surface area contributed by atoms with Crippen molar-refractivity contribution in [2.24, 2.45) is 5.41 Å². The van der Waals surface area contributed by atoms with Gasteiger partial charge in [-0.3, -0.25) is 14.9 Å². The van der Waals surface area contributed by atoms with Crippen molar-refractivity contribution in [3.63, 3.8) is 0 Å². The number of fused-ring (bicyclic) bond motifs is 1. The molecule has 0 radical (unpaired) electrons. The quantitative estimate of drug-likeness (QED) is 0.186. The summed E-state index contributed by atoms with van der Waals surface area (Å²) in [4.78, 5) is 43.7. The highest BCUT2D eigenvalue weighted by atomic mass is 35.5. The van der Waals surface area contributed by atoms with Crippen LogP contribution in [-0.4, -0.2) is 77.7 Å². The van der Waals surface area contributed by atoms with Gasteiger partial charge in [-0.25, -0.2) is 18.5 Å². The van der Waals surface area contributed by atoms with E-state index >= 15 is 0 Å². The minimum atomic E-state index is -0.679. The van der Waals surface area contributed by atoms with E-state index in [1.165, 1.54) is 18.2 Å². The van der Waals surface area contributed by atoms with Gasteiger partial charge in [0.1, 0.15) is 17.1 Å². The van der Waals surface area contributed by atoms with Gasteiger partial charge in [0.2, 0.25) is 0 Å². The molecule has 0 spiro atoms. The summed E-state index contributed by atoms with van der Waals surface area (Å²) in [5, 5.41) is 16.4.